The fourth-order valence-electron chi connectivity index (χ4n) is 4.36. The van der Waals surface area contributed by atoms with Crippen molar-refractivity contribution < 1.29 is 102 Å². The predicted molar refractivity (Wildman–Crippen MR) is 220 cm³/mol. The largest absolute Gasteiger partial charge is 1.00 e. The Labute approximate surface area is 403 Å². The number of carbonyl (C=O) groups is 3. The maximum absolute atomic E-state index is 10.0. The zero-order valence-electron chi connectivity index (χ0n) is 33.8. The van der Waals surface area contributed by atoms with E-state index in [1.54, 1.807) is 20.8 Å². The van der Waals surface area contributed by atoms with Crippen LogP contribution < -0.4 is 0 Å². The van der Waals surface area contributed by atoms with Crippen LogP contribution in [0.3, 0.4) is 0 Å². The normalized spacial score (nSPS) is 10.8. The van der Waals surface area contributed by atoms with Crippen LogP contribution in [0.25, 0.3) is 22.5 Å². The van der Waals surface area contributed by atoms with Gasteiger partial charge >= 0.3 is 44.8 Å². The molecule has 1 radical (unpaired) electrons. The van der Waals surface area contributed by atoms with Gasteiger partial charge in [-0.1, -0.05) is 129 Å². The summed E-state index contributed by atoms with van der Waals surface area (Å²) >= 11 is 1.54. The number of rotatable bonds is 6. The van der Waals surface area contributed by atoms with Crippen LogP contribution in [0.15, 0.2) is 102 Å². The average molecular weight is 1120 g/mol. The first kappa shape index (κ1) is 62.9. The van der Waals surface area contributed by atoms with Gasteiger partial charge in [0.25, 0.3) is 12.9 Å². The van der Waals surface area contributed by atoms with Crippen molar-refractivity contribution in [2.24, 2.45) is 5.92 Å². The Morgan fingerprint density at radius 3 is 1.45 bits per heavy atom. The standard InChI is InChI=1S/C16H14N4S.C9H8N4.C7H13.C5H8O2.C2H5O.2CH2O2.3Ag/c1-12-17-19-16(20-18-12)21-11-13-7-9-15(10-8-13)14-5-3-2-4-6-14;1-7-10-12-9(13-11-7)8-5-3-2-4-6-8;1-7-5-3-2-4-6-7;1-4(6)3-5(2)7;1-2-3;2*2-1-3;;;/h2-10H,11H2,1H3;2-6H,1H3;7H,1-6H2;3,6H,1-2H3;2-3H,1H3;2*1H,(H,2,3);;;/q;;-1;;-1;;;;2*+1/b;;;4-3-;;;;;;. The van der Waals surface area contributed by atoms with Gasteiger partial charge in [0.2, 0.25) is 11.0 Å². The van der Waals surface area contributed by atoms with E-state index in [0.29, 0.717) is 22.6 Å². The van der Waals surface area contributed by atoms with Gasteiger partial charge in [0, 0.05) is 39.8 Å². The van der Waals surface area contributed by atoms with Gasteiger partial charge in [0.15, 0.2) is 17.4 Å². The summed E-state index contributed by atoms with van der Waals surface area (Å²) in [5.41, 5.74) is 4.61. The maximum atomic E-state index is 10.0. The number of aliphatic hydroxyl groups excluding tert-OH is 2. The van der Waals surface area contributed by atoms with Crippen molar-refractivity contribution in [2.75, 3.05) is 0 Å². The van der Waals surface area contributed by atoms with E-state index in [9.17, 15) is 4.79 Å². The van der Waals surface area contributed by atoms with Gasteiger partial charge in [-0.05, 0) is 44.4 Å². The molecule has 337 valence electrons. The second-order valence-electron chi connectivity index (χ2n) is 11.6. The van der Waals surface area contributed by atoms with Crippen LogP contribution in [-0.2, 0) is 87.3 Å². The number of aliphatic hydroxyl groups is 2. The number of aryl methyl sites for hydroxylation is 2. The van der Waals surface area contributed by atoms with Gasteiger partial charge in [-0.3, -0.25) is 14.4 Å². The average Bonchev–Trinajstić information content (AvgIpc) is 3.20. The summed E-state index contributed by atoms with van der Waals surface area (Å²) in [6.07, 6.45) is 8.22. The molecule has 0 spiro atoms. The summed E-state index contributed by atoms with van der Waals surface area (Å²) in [5.74, 6) is 3.26. The molecule has 0 atom stereocenters. The minimum absolute atomic E-state index is 0. The molecule has 4 N–H and O–H groups in total. The van der Waals surface area contributed by atoms with Crippen molar-refractivity contribution in [1.82, 2.24) is 40.8 Å². The first-order valence-electron chi connectivity index (χ1n) is 17.6. The molecule has 5 aromatic rings. The Morgan fingerprint density at radius 2 is 1.10 bits per heavy atom. The predicted octanol–water partition coefficient (Wildman–Crippen LogP) is 8.15. The molecule has 6 rings (SSSR count). The first-order chi connectivity index (χ1) is 27.4. The molecule has 1 aliphatic rings. The summed E-state index contributed by atoms with van der Waals surface area (Å²) in [5, 5.41) is 61.5. The molecule has 3 aromatic carbocycles. The van der Waals surface area contributed by atoms with Crippen molar-refractivity contribution in [3.8, 4) is 22.5 Å². The molecule has 2 heterocycles. The molecule has 60 heavy (non-hydrogen) atoms. The van der Waals surface area contributed by atoms with Crippen LogP contribution in [0.4, 0.5) is 0 Å². The minimum Gasteiger partial charge on any atom is -0.566 e. The number of carboxylic acid groups (broad SMARTS) is 2. The Morgan fingerprint density at radius 1 is 0.717 bits per heavy atom. The SMILES string of the molecule is CC(=O)/C=C(/C)O.C[CH-]O.Cc1nnc(-c2ccccc2)nn1.Cc1nnc(SCc2ccc(-c3ccccc3)cc2)nn1.O=CO.O=CO.[Ag+].[Ag+].[Ag].[CH2-]C1CCCCC1. The third-order valence-corrected chi connectivity index (χ3v) is 7.64. The number of nitrogens with zero attached hydrogens (tertiary/aromatic N) is 8. The fourth-order valence-corrected chi connectivity index (χ4v) is 5.05. The maximum Gasteiger partial charge on any atom is 1.00 e. The Balaban J connectivity index is -0.000000347. The Kier molecular flexibility index (Phi) is 43.9. The first-order valence-corrected chi connectivity index (χ1v) is 18.6. The smallest absolute Gasteiger partial charge is 0.566 e. The third-order valence-electron chi connectivity index (χ3n) is 6.74. The molecule has 1 aliphatic carbocycles. The topological polar surface area (TPSA) is 235 Å². The van der Waals surface area contributed by atoms with E-state index in [-0.39, 0.29) is 91.6 Å². The van der Waals surface area contributed by atoms with Crippen LogP contribution in [0.2, 0.25) is 0 Å². The molecule has 15 nitrogen and oxygen atoms in total. The molecular weight excluding hydrogens is 1070 g/mol. The molecule has 0 aliphatic heterocycles. The van der Waals surface area contributed by atoms with E-state index in [4.69, 9.17) is 30.0 Å². The van der Waals surface area contributed by atoms with Gasteiger partial charge in [-0.2, -0.15) is 12.8 Å². The van der Waals surface area contributed by atoms with Crippen LogP contribution in [0.1, 0.15) is 70.1 Å². The molecule has 0 saturated heterocycles. The summed E-state index contributed by atoms with van der Waals surface area (Å²) in [6, 6.07) is 28.5. The van der Waals surface area contributed by atoms with E-state index in [1.807, 2.05) is 48.5 Å². The Hall–Kier alpha value is -3.78. The van der Waals surface area contributed by atoms with Gasteiger partial charge in [0.05, 0.1) is 5.76 Å². The van der Waals surface area contributed by atoms with Crippen molar-refractivity contribution >= 4 is 30.5 Å². The second kappa shape index (κ2) is 41.9. The van der Waals surface area contributed by atoms with Crippen molar-refractivity contribution in [2.45, 2.75) is 77.6 Å². The van der Waals surface area contributed by atoms with E-state index in [1.165, 1.54) is 80.5 Å². The molecule has 1 saturated carbocycles. The number of aromatic nitrogens is 8. The molecule has 19 heteroatoms. The number of carbonyl (C=O) groups excluding carboxylic acids is 1. The molecule has 0 bridgehead atoms. The Bertz CT molecular complexity index is 1790. The summed E-state index contributed by atoms with van der Waals surface area (Å²) < 4.78 is 0. The zero-order valence-corrected chi connectivity index (χ0v) is 39.1. The number of thioether (sulfide) groups is 1. The second-order valence-corrected chi connectivity index (χ2v) is 12.5. The van der Waals surface area contributed by atoms with Gasteiger partial charge in [0.1, 0.15) is 0 Å². The monoisotopic (exact) mass is 1120 g/mol. The fraction of sp³-hybridized carbons (Fsp3) is 0.293. The molecule has 1 fully saturated rings. The van der Waals surface area contributed by atoms with Gasteiger partial charge < -0.3 is 27.3 Å². The molecular formula is C41H52Ag3N8O7S. The summed E-state index contributed by atoms with van der Waals surface area (Å²) in [7, 11) is 0. The number of ketones is 1. The number of hydrogen-bond donors (Lipinski definition) is 4. The van der Waals surface area contributed by atoms with E-state index in [2.05, 4.69) is 84.1 Å². The van der Waals surface area contributed by atoms with Crippen LogP contribution in [0.5, 0.6) is 0 Å². The van der Waals surface area contributed by atoms with E-state index in [0.717, 1.165) is 23.8 Å². The van der Waals surface area contributed by atoms with E-state index >= 15 is 0 Å². The van der Waals surface area contributed by atoms with Gasteiger partial charge in [-0.25, -0.2) is 6.61 Å². The minimum atomic E-state index is -0.250. The van der Waals surface area contributed by atoms with Crippen molar-refractivity contribution in [3.63, 3.8) is 0 Å². The third kappa shape index (κ3) is 34.0. The quantitative estimate of drug-likeness (QED) is 0.0314. The summed E-state index contributed by atoms with van der Waals surface area (Å²) in [4.78, 5) is 26.7. The van der Waals surface area contributed by atoms with E-state index < -0.39 is 0 Å². The molecule has 0 amide bonds. The van der Waals surface area contributed by atoms with Gasteiger partial charge in [-0.15, -0.1) is 40.8 Å². The number of hydrogen-bond acceptors (Lipinski definition) is 14. The molecule has 0 unspecified atom stereocenters. The van der Waals surface area contributed by atoms with Crippen LogP contribution in [-0.4, -0.2) is 79.9 Å². The van der Waals surface area contributed by atoms with Crippen molar-refractivity contribution in [1.29, 1.82) is 0 Å². The van der Waals surface area contributed by atoms with Crippen LogP contribution >= 0.6 is 11.8 Å². The number of allylic oxidation sites excluding steroid dienone is 2. The summed E-state index contributed by atoms with van der Waals surface area (Å²) in [6.45, 7) is 12.4. The van der Waals surface area contributed by atoms with Crippen molar-refractivity contribution in [3.05, 3.63) is 128 Å². The van der Waals surface area contributed by atoms with Crippen LogP contribution in [0, 0.1) is 33.3 Å². The number of benzene rings is 3. The molecule has 2 aromatic heterocycles. The zero-order chi connectivity index (χ0) is 42.7.